The molecule has 1 atom stereocenters. The van der Waals surface area contributed by atoms with Gasteiger partial charge in [-0.25, -0.2) is 4.98 Å². The fraction of sp³-hybridized carbons (Fsp3) is 0.333. The van der Waals surface area contributed by atoms with E-state index >= 15 is 0 Å². The van der Waals surface area contributed by atoms with Crippen molar-refractivity contribution in [1.82, 2.24) is 4.98 Å². The van der Waals surface area contributed by atoms with Crippen molar-refractivity contribution in [3.05, 3.63) is 60.2 Å². The van der Waals surface area contributed by atoms with E-state index in [9.17, 15) is 4.79 Å². The molecule has 2 aromatic rings. The molecule has 0 radical (unpaired) electrons. The molecule has 29 heavy (non-hydrogen) atoms. The Hall–Kier alpha value is -2.92. The van der Waals surface area contributed by atoms with Crippen molar-refractivity contribution in [3.8, 4) is 17.1 Å². The van der Waals surface area contributed by atoms with Crippen LogP contribution in [0.3, 0.4) is 0 Å². The van der Waals surface area contributed by atoms with E-state index in [2.05, 4.69) is 30.8 Å². The third-order valence-corrected chi connectivity index (χ3v) is 5.99. The highest BCUT2D eigenvalue weighted by atomic mass is 16.5. The SMILES string of the molecule is C=C(/C=C\C)c1cc2c(nc1-c1ccc(C3(N)CCC3)cc1)O[C@H](C)C(=O)N2C. The Morgan fingerprint density at radius 2 is 2.03 bits per heavy atom. The molecule has 1 aromatic heterocycles. The van der Waals surface area contributed by atoms with Gasteiger partial charge in [0.05, 0.1) is 5.69 Å². The number of amides is 1. The number of hydrogen-bond acceptors (Lipinski definition) is 4. The summed E-state index contributed by atoms with van der Waals surface area (Å²) in [5.41, 5.74) is 11.6. The van der Waals surface area contributed by atoms with Crippen molar-refractivity contribution in [1.29, 1.82) is 0 Å². The minimum atomic E-state index is -0.560. The van der Waals surface area contributed by atoms with Crippen LogP contribution < -0.4 is 15.4 Å². The van der Waals surface area contributed by atoms with Gasteiger partial charge < -0.3 is 15.4 Å². The summed E-state index contributed by atoms with van der Waals surface area (Å²) in [6, 6.07) is 10.2. The summed E-state index contributed by atoms with van der Waals surface area (Å²) >= 11 is 0. The standard InChI is InChI=1S/C24H27N3O2/c1-5-7-15(2)19-14-20-22(29-16(3)23(28)27(20)4)26-21(19)17-8-10-18(11-9-17)24(25)12-6-13-24/h5,7-11,14,16H,2,6,12-13,25H2,1,3-4H3/b7-5-/t16-/m1/s1. The molecule has 0 unspecified atom stereocenters. The van der Waals surface area contributed by atoms with E-state index in [0.717, 1.165) is 40.8 Å². The van der Waals surface area contributed by atoms with Crippen molar-refractivity contribution >= 4 is 17.2 Å². The summed E-state index contributed by atoms with van der Waals surface area (Å²) in [4.78, 5) is 18.7. The summed E-state index contributed by atoms with van der Waals surface area (Å²) in [6.07, 6.45) is 6.56. The van der Waals surface area contributed by atoms with Gasteiger partial charge in [-0.15, -0.1) is 0 Å². The number of carbonyl (C=O) groups excluding carboxylic acids is 1. The van der Waals surface area contributed by atoms with Crippen LogP contribution in [0, 0.1) is 0 Å². The fourth-order valence-electron chi connectivity index (χ4n) is 3.98. The average Bonchev–Trinajstić information content (AvgIpc) is 2.70. The molecule has 1 amide bonds. The summed E-state index contributed by atoms with van der Waals surface area (Å²) in [5, 5.41) is 0. The van der Waals surface area contributed by atoms with Crippen LogP contribution in [-0.2, 0) is 10.3 Å². The summed E-state index contributed by atoms with van der Waals surface area (Å²) in [5.74, 6) is 0.373. The second-order valence-electron chi connectivity index (χ2n) is 7.98. The lowest BCUT2D eigenvalue weighted by Gasteiger charge is -2.38. The normalized spacial score (nSPS) is 20.2. The van der Waals surface area contributed by atoms with Crippen LogP contribution in [0.1, 0.15) is 44.2 Å². The third-order valence-electron chi connectivity index (χ3n) is 5.99. The molecule has 0 spiro atoms. The molecule has 1 aliphatic heterocycles. The Kier molecular flexibility index (Phi) is 4.79. The van der Waals surface area contributed by atoms with Crippen LogP contribution in [0.15, 0.2) is 49.1 Å². The average molecular weight is 389 g/mol. The van der Waals surface area contributed by atoms with Gasteiger partial charge in [-0.05, 0) is 50.3 Å². The molecule has 5 heteroatoms. The lowest BCUT2D eigenvalue weighted by Crippen LogP contribution is -2.43. The molecule has 2 aliphatic rings. The van der Waals surface area contributed by atoms with E-state index in [1.165, 1.54) is 6.42 Å². The first-order chi connectivity index (χ1) is 13.8. The van der Waals surface area contributed by atoms with Crippen molar-refractivity contribution in [2.24, 2.45) is 5.73 Å². The predicted octanol–water partition coefficient (Wildman–Crippen LogP) is 4.42. The van der Waals surface area contributed by atoms with Gasteiger partial charge in [0.25, 0.3) is 5.91 Å². The lowest BCUT2D eigenvalue weighted by atomic mass is 9.72. The number of aromatic nitrogens is 1. The van der Waals surface area contributed by atoms with Gasteiger partial charge in [0.2, 0.25) is 5.88 Å². The number of nitrogens with two attached hydrogens (primary N) is 1. The van der Waals surface area contributed by atoms with Crippen LogP contribution in [0.4, 0.5) is 5.69 Å². The lowest BCUT2D eigenvalue weighted by molar-refractivity contribution is -0.125. The Morgan fingerprint density at radius 3 is 2.62 bits per heavy atom. The molecule has 2 heterocycles. The van der Waals surface area contributed by atoms with E-state index in [1.54, 1.807) is 18.9 Å². The number of allylic oxidation sites excluding steroid dienone is 3. The van der Waals surface area contributed by atoms with E-state index in [0.29, 0.717) is 11.6 Å². The zero-order chi connectivity index (χ0) is 20.8. The Morgan fingerprint density at radius 1 is 1.34 bits per heavy atom. The topological polar surface area (TPSA) is 68.5 Å². The third kappa shape index (κ3) is 3.25. The van der Waals surface area contributed by atoms with Gasteiger partial charge >= 0.3 is 0 Å². The molecule has 5 nitrogen and oxygen atoms in total. The highest BCUT2D eigenvalue weighted by Crippen LogP contribution is 2.41. The first-order valence-electron chi connectivity index (χ1n) is 10.0. The number of likely N-dealkylation sites (N-methyl/N-ethyl adjacent to an activating group) is 1. The number of anilines is 1. The number of benzene rings is 1. The summed E-state index contributed by atoms with van der Waals surface area (Å²) in [7, 11) is 1.75. The van der Waals surface area contributed by atoms with Crippen LogP contribution in [0.25, 0.3) is 16.8 Å². The predicted molar refractivity (Wildman–Crippen MR) is 117 cm³/mol. The van der Waals surface area contributed by atoms with Crippen LogP contribution in [-0.4, -0.2) is 24.0 Å². The molecule has 1 aliphatic carbocycles. The van der Waals surface area contributed by atoms with E-state index in [-0.39, 0.29) is 11.4 Å². The van der Waals surface area contributed by atoms with E-state index in [4.69, 9.17) is 15.5 Å². The number of carbonyl (C=O) groups is 1. The number of fused-ring (bicyclic) bond motifs is 1. The monoisotopic (exact) mass is 389 g/mol. The molecule has 4 rings (SSSR count). The summed E-state index contributed by atoms with van der Waals surface area (Å²) < 4.78 is 5.81. The van der Waals surface area contributed by atoms with Crippen LogP contribution in [0.5, 0.6) is 5.88 Å². The number of rotatable bonds is 4. The first-order valence-corrected chi connectivity index (χ1v) is 10.0. The van der Waals surface area contributed by atoms with Crippen LogP contribution >= 0.6 is 0 Å². The second-order valence-corrected chi connectivity index (χ2v) is 7.98. The molecule has 1 saturated carbocycles. The number of ether oxygens (including phenoxy) is 1. The van der Waals surface area contributed by atoms with Crippen LogP contribution in [0.2, 0.25) is 0 Å². The Bertz CT molecular complexity index is 1000. The molecular weight excluding hydrogens is 362 g/mol. The van der Waals surface area contributed by atoms with Crippen molar-refractivity contribution < 1.29 is 9.53 Å². The maximum absolute atomic E-state index is 12.3. The smallest absolute Gasteiger partial charge is 0.267 e. The van der Waals surface area contributed by atoms with Gasteiger partial charge in [-0.2, -0.15) is 0 Å². The maximum Gasteiger partial charge on any atom is 0.267 e. The number of hydrogen-bond donors (Lipinski definition) is 1. The molecule has 1 aromatic carbocycles. The maximum atomic E-state index is 12.3. The molecular formula is C24H27N3O2. The van der Waals surface area contributed by atoms with Gasteiger partial charge in [0.15, 0.2) is 6.10 Å². The van der Waals surface area contributed by atoms with E-state index in [1.807, 2.05) is 25.1 Å². The fourth-order valence-corrected chi connectivity index (χ4v) is 3.98. The van der Waals surface area contributed by atoms with Gasteiger partial charge in [-0.1, -0.05) is 43.0 Å². The minimum absolute atomic E-state index is 0.0901. The van der Waals surface area contributed by atoms with Gasteiger partial charge in [-0.3, -0.25) is 4.79 Å². The quantitative estimate of drug-likeness (QED) is 0.786. The molecule has 2 N–H and O–H groups in total. The summed E-state index contributed by atoms with van der Waals surface area (Å²) in [6.45, 7) is 7.89. The van der Waals surface area contributed by atoms with Crippen molar-refractivity contribution in [2.45, 2.75) is 44.8 Å². The Balaban J connectivity index is 1.82. The molecule has 150 valence electrons. The second kappa shape index (κ2) is 7.16. The minimum Gasteiger partial charge on any atom is -0.463 e. The zero-order valence-electron chi connectivity index (χ0n) is 17.2. The van der Waals surface area contributed by atoms with Gasteiger partial charge in [0.1, 0.15) is 5.69 Å². The number of pyridine rings is 1. The van der Waals surface area contributed by atoms with Crippen molar-refractivity contribution in [3.63, 3.8) is 0 Å². The van der Waals surface area contributed by atoms with E-state index < -0.39 is 6.10 Å². The molecule has 0 saturated heterocycles. The first kappa shape index (κ1) is 19.4. The largest absolute Gasteiger partial charge is 0.463 e. The molecule has 1 fully saturated rings. The Labute approximate surface area is 171 Å². The zero-order valence-corrected chi connectivity index (χ0v) is 17.2. The highest BCUT2D eigenvalue weighted by Gasteiger charge is 2.34. The molecule has 0 bridgehead atoms. The van der Waals surface area contributed by atoms with Gasteiger partial charge in [0, 0.05) is 23.7 Å². The highest BCUT2D eigenvalue weighted by molar-refractivity contribution is 6.00. The van der Waals surface area contributed by atoms with Crippen molar-refractivity contribution in [2.75, 3.05) is 11.9 Å². The number of nitrogens with zero attached hydrogens (tertiary/aromatic N) is 2.